The maximum Gasteiger partial charge on any atom is 0.0451 e. The van der Waals surface area contributed by atoms with Crippen LogP contribution in [-0.2, 0) is 6.54 Å². The van der Waals surface area contributed by atoms with Gasteiger partial charge in [0.05, 0.1) is 0 Å². The minimum Gasteiger partial charge on any atom is -0.312 e. The SMILES string of the molecule is C[C@@H]1CN(Cc2cc(Br)ccc2Cl)CCN1. The Bertz CT molecular complexity index is 370. The van der Waals surface area contributed by atoms with Crippen molar-refractivity contribution in [1.29, 1.82) is 0 Å². The number of rotatable bonds is 2. The van der Waals surface area contributed by atoms with Gasteiger partial charge in [0.1, 0.15) is 0 Å². The Labute approximate surface area is 110 Å². The maximum atomic E-state index is 6.19. The highest BCUT2D eigenvalue weighted by Crippen LogP contribution is 2.22. The quantitative estimate of drug-likeness (QED) is 0.904. The highest BCUT2D eigenvalue weighted by molar-refractivity contribution is 9.10. The van der Waals surface area contributed by atoms with E-state index in [1.54, 1.807) is 0 Å². The van der Waals surface area contributed by atoms with Crippen LogP contribution in [-0.4, -0.2) is 30.6 Å². The lowest BCUT2D eigenvalue weighted by Crippen LogP contribution is -2.48. The second-order valence-electron chi connectivity index (χ2n) is 4.33. The molecule has 0 radical (unpaired) electrons. The summed E-state index contributed by atoms with van der Waals surface area (Å²) in [5.74, 6) is 0. The van der Waals surface area contributed by atoms with Gasteiger partial charge in [-0.2, -0.15) is 0 Å². The van der Waals surface area contributed by atoms with E-state index in [4.69, 9.17) is 11.6 Å². The zero-order chi connectivity index (χ0) is 11.5. The molecule has 88 valence electrons. The van der Waals surface area contributed by atoms with Crippen molar-refractivity contribution >= 4 is 27.5 Å². The van der Waals surface area contributed by atoms with Crippen LogP contribution in [0.4, 0.5) is 0 Å². The summed E-state index contributed by atoms with van der Waals surface area (Å²) >= 11 is 9.67. The Balaban J connectivity index is 2.05. The average molecular weight is 304 g/mol. The summed E-state index contributed by atoms with van der Waals surface area (Å²) in [6, 6.07) is 6.60. The lowest BCUT2D eigenvalue weighted by Gasteiger charge is -2.32. The van der Waals surface area contributed by atoms with Crippen molar-refractivity contribution in [3.05, 3.63) is 33.3 Å². The van der Waals surface area contributed by atoms with Gasteiger partial charge >= 0.3 is 0 Å². The second-order valence-corrected chi connectivity index (χ2v) is 5.65. The van der Waals surface area contributed by atoms with E-state index in [1.807, 2.05) is 12.1 Å². The van der Waals surface area contributed by atoms with Crippen LogP contribution in [0.5, 0.6) is 0 Å². The van der Waals surface area contributed by atoms with Crippen molar-refractivity contribution < 1.29 is 0 Å². The molecule has 0 spiro atoms. The van der Waals surface area contributed by atoms with Gasteiger partial charge in [0, 0.05) is 41.7 Å². The molecule has 16 heavy (non-hydrogen) atoms. The molecule has 0 amide bonds. The molecule has 0 bridgehead atoms. The largest absolute Gasteiger partial charge is 0.312 e. The number of halogens is 2. The summed E-state index contributed by atoms with van der Waals surface area (Å²) in [6.45, 7) is 6.39. The lowest BCUT2D eigenvalue weighted by molar-refractivity contribution is 0.199. The molecule has 1 saturated heterocycles. The van der Waals surface area contributed by atoms with E-state index in [0.29, 0.717) is 6.04 Å². The van der Waals surface area contributed by atoms with E-state index in [-0.39, 0.29) is 0 Å². The molecule has 1 fully saturated rings. The molecular formula is C12H16BrClN2. The highest BCUT2D eigenvalue weighted by Gasteiger charge is 2.16. The number of nitrogens with zero attached hydrogens (tertiary/aromatic N) is 1. The molecule has 2 nitrogen and oxygen atoms in total. The number of hydrogen-bond donors (Lipinski definition) is 1. The first-order valence-electron chi connectivity index (χ1n) is 5.55. The molecule has 0 unspecified atom stereocenters. The number of hydrogen-bond acceptors (Lipinski definition) is 2. The first-order chi connectivity index (χ1) is 7.65. The Kier molecular flexibility index (Phi) is 4.25. The van der Waals surface area contributed by atoms with Gasteiger partial charge in [0.25, 0.3) is 0 Å². The topological polar surface area (TPSA) is 15.3 Å². The van der Waals surface area contributed by atoms with Crippen LogP contribution in [0.25, 0.3) is 0 Å². The Morgan fingerprint density at radius 2 is 2.38 bits per heavy atom. The zero-order valence-electron chi connectivity index (χ0n) is 9.34. The van der Waals surface area contributed by atoms with E-state index in [1.165, 1.54) is 5.56 Å². The molecule has 1 aromatic rings. The molecule has 0 saturated carbocycles. The van der Waals surface area contributed by atoms with Crippen LogP contribution >= 0.6 is 27.5 Å². The molecule has 4 heteroatoms. The van der Waals surface area contributed by atoms with Crippen molar-refractivity contribution in [2.75, 3.05) is 19.6 Å². The molecule has 1 aliphatic heterocycles. The van der Waals surface area contributed by atoms with Gasteiger partial charge < -0.3 is 5.32 Å². The first kappa shape index (κ1) is 12.4. The summed E-state index contributed by atoms with van der Waals surface area (Å²) in [4.78, 5) is 2.44. The van der Waals surface area contributed by atoms with Gasteiger partial charge in [0.2, 0.25) is 0 Å². The minimum absolute atomic E-state index is 0.569. The van der Waals surface area contributed by atoms with Crippen LogP contribution in [0, 0.1) is 0 Å². The van der Waals surface area contributed by atoms with Gasteiger partial charge in [-0.25, -0.2) is 0 Å². The molecule has 1 aromatic carbocycles. The fourth-order valence-corrected chi connectivity index (χ4v) is 2.65. The predicted molar refractivity (Wildman–Crippen MR) is 71.9 cm³/mol. The van der Waals surface area contributed by atoms with Crippen molar-refractivity contribution in [1.82, 2.24) is 10.2 Å². The van der Waals surface area contributed by atoms with E-state index in [2.05, 4.69) is 39.1 Å². The van der Waals surface area contributed by atoms with E-state index < -0.39 is 0 Å². The standard InChI is InChI=1S/C12H16BrClN2/c1-9-7-16(5-4-15-9)8-10-6-11(13)2-3-12(10)14/h2-3,6,9,15H,4-5,7-8H2,1H3/t9-/m1/s1. The van der Waals surface area contributed by atoms with Gasteiger partial charge in [0.15, 0.2) is 0 Å². The zero-order valence-corrected chi connectivity index (χ0v) is 11.7. The third kappa shape index (κ3) is 3.20. The van der Waals surface area contributed by atoms with Gasteiger partial charge in [-0.3, -0.25) is 4.90 Å². The molecule has 0 aromatic heterocycles. The van der Waals surface area contributed by atoms with Gasteiger partial charge in [-0.1, -0.05) is 27.5 Å². The number of nitrogens with one attached hydrogen (secondary N) is 1. The Hall–Kier alpha value is -0.0900. The van der Waals surface area contributed by atoms with Crippen LogP contribution in [0.15, 0.2) is 22.7 Å². The highest BCUT2D eigenvalue weighted by atomic mass is 79.9. The molecule has 1 heterocycles. The first-order valence-corrected chi connectivity index (χ1v) is 6.72. The molecule has 2 rings (SSSR count). The van der Waals surface area contributed by atoms with Crippen LogP contribution in [0.2, 0.25) is 5.02 Å². The minimum atomic E-state index is 0.569. The Morgan fingerprint density at radius 1 is 1.56 bits per heavy atom. The van der Waals surface area contributed by atoms with E-state index in [0.717, 1.165) is 35.7 Å². The molecule has 1 aliphatic rings. The van der Waals surface area contributed by atoms with Crippen LogP contribution in [0.3, 0.4) is 0 Å². The van der Waals surface area contributed by atoms with Gasteiger partial charge in [-0.05, 0) is 30.7 Å². The summed E-state index contributed by atoms with van der Waals surface area (Å²) in [5.41, 5.74) is 1.20. The normalized spacial score (nSPS) is 22.3. The lowest BCUT2D eigenvalue weighted by atomic mass is 10.1. The third-order valence-corrected chi connectivity index (χ3v) is 3.72. The van der Waals surface area contributed by atoms with Crippen molar-refractivity contribution in [3.8, 4) is 0 Å². The van der Waals surface area contributed by atoms with Crippen molar-refractivity contribution in [2.45, 2.75) is 19.5 Å². The predicted octanol–water partition coefficient (Wildman–Crippen LogP) is 2.90. The van der Waals surface area contributed by atoms with E-state index in [9.17, 15) is 0 Å². The summed E-state index contributed by atoms with van der Waals surface area (Å²) < 4.78 is 1.09. The fraction of sp³-hybridized carbons (Fsp3) is 0.500. The Morgan fingerprint density at radius 3 is 3.12 bits per heavy atom. The van der Waals surface area contributed by atoms with Crippen LogP contribution < -0.4 is 5.32 Å². The average Bonchev–Trinajstić information content (AvgIpc) is 2.24. The molecule has 0 aliphatic carbocycles. The summed E-state index contributed by atoms with van der Waals surface area (Å²) in [7, 11) is 0. The molecule has 1 atom stereocenters. The van der Waals surface area contributed by atoms with E-state index >= 15 is 0 Å². The fourth-order valence-electron chi connectivity index (χ4n) is 2.06. The number of benzene rings is 1. The molecule has 1 N–H and O–H groups in total. The van der Waals surface area contributed by atoms with Crippen LogP contribution in [0.1, 0.15) is 12.5 Å². The molecular weight excluding hydrogens is 288 g/mol. The second kappa shape index (κ2) is 5.50. The summed E-state index contributed by atoms with van der Waals surface area (Å²) in [6.07, 6.45) is 0. The smallest absolute Gasteiger partial charge is 0.0451 e. The maximum absolute atomic E-state index is 6.19. The summed E-state index contributed by atoms with van der Waals surface area (Å²) in [5, 5.41) is 4.30. The van der Waals surface area contributed by atoms with Gasteiger partial charge in [-0.15, -0.1) is 0 Å². The third-order valence-electron chi connectivity index (χ3n) is 2.85. The van der Waals surface area contributed by atoms with Crippen molar-refractivity contribution in [2.24, 2.45) is 0 Å². The monoisotopic (exact) mass is 302 g/mol. The number of piperazine rings is 1. The van der Waals surface area contributed by atoms with Crippen molar-refractivity contribution in [3.63, 3.8) is 0 Å².